The summed E-state index contributed by atoms with van der Waals surface area (Å²) in [5.41, 5.74) is 1.64. The number of aliphatic hydroxyl groups is 1. The molecule has 16 heavy (non-hydrogen) atoms. The summed E-state index contributed by atoms with van der Waals surface area (Å²) in [4.78, 5) is 9.46. The van der Waals surface area contributed by atoms with Gasteiger partial charge in [0.15, 0.2) is 0 Å². The molecule has 1 atom stereocenters. The van der Waals surface area contributed by atoms with Gasteiger partial charge in [0.25, 0.3) is 0 Å². The van der Waals surface area contributed by atoms with Crippen LogP contribution in [0.3, 0.4) is 0 Å². The molecular weight excluding hydrogens is 244 g/mol. The zero-order chi connectivity index (χ0) is 11.7. The average molecular weight is 255 g/mol. The van der Waals surface area contributed by atoms with Gasteiger partial charge in [-0.25, -0.2) is 4.98 Å². The van der Waals surface area contributed by atoms with Crippen LogP contribution in [0.25, 0.3) is 10.7 Å². The number of pyridine rings is 1. The standard InChI is InChI=1S/C11H11ClN2OS/c1-6-10(7(2)15)16-11(14-6)9-4-3-8(12)5-13-9/h3-5,7,15H,1-2H3. The maximum atomic E-state index is 9.54. The number of nitrogens with zero attached hydrogens (tertiary/aromatic N) is 2. The first-order valence-corrected chi connectivity index (χ1v) is 6.04. The van der Waals surface area contributed by atoms with Gasteiger partial charge in [0.05, 0.1) is 27.4 Å². The van der Waals surface area contributed by atoms with E-state index in [0.29, 0.717) is 5.02 Å². The predicted molar refractivity (Wildman–Crippen MR) is 65.7 cm³/mol. The van der Waals surface area contributed by atoms with Crippen molar-refractivity contribution in [2.75, 3.05) is 0 Å². The minimum Gasteiger partial charge on any atom is -0.388 e. The van der Waals surface area contributed by atoms with E-state index in [1.54, 1.807) is 19.2 Å². The summed E-state index contributed by atoms with van der Waals surface area (Å²) >= 11 is 7.23. The molecule has 0 aliphatic heterocycles. The van der Waals surface area contributed by atoms with Crippen molar-refractivity contribution in [1.82, 2.24) is 9.97 Å². The Hall–Kier alpha value is -0.970. The smallest absolute Gasteiger partial charge is 0.142 e. The third-order valence-corrected chi connectivity index (χ3v) is 3.73. The maximum absolute atomic E-state index is 9.54. The van der Waals surface area contributed by atoms with Gasteiger partial charge in [-0.15, -0.1) is 11.3 Å². The van der Waals surface area contributed by atoms with Gasteiger partial charge < -0.3 is 5.11 Å². The topological polar surface area (TPSA) is 46.0 Å². The molecule has 2 aromatic rings. The van der Waals surface area contributed by atoms with E-state index >= 15 is 0 Å². The second-order valence-corrected chi connectivity index (χ2v) is 4.97. The molecule has 0 saturated carbocycles. The second-order valence-electron chi connectivity index (χ2n) is 3.51. The molecule has 0 spiro atoms. The molecule has 0 aromatic carbocycles. The zero-order valence-corrected chi connectivity index (χ0v) is 10.5. The van der Waals surface area contributed by atoms with Crippen molar-refractivity contribution in [1.29, 1.82) is 0 Å². The Morgan fingerprint density at radius 1 is 1.44 bits per heavy atom. The van der Waals surface area contributed by atoms with Crippen molar-refractivity contribution in [2.24, 2.45) is 0 Å². The number of rotatable bonds is 2. The van der Waals surface area contributed by atoms with Gasteiger partial charge >= 0.3 is 0 Å². The lowest BCUT2D eigenvalue weighted by Gasteiger charge is -1.98. The Morgan fingerprint density at radius 3 is 2.69 bits per heavy atom. The summed E-state index contributed by atoms with van der Waals surface area (Å²) in [5.74, 6) is 0. The lowest BCUT2D eigenvalue weighted by Crippen LogP contribution is -1.88. The molecule has 1 N–H and O–H groups in total. The van der Waals surface area contributed by atoms with Crippen LogP contribution in [0.4, 0.5) is 0 Å². The lowest BCUT2D eigenvalue weighted by molar-refractivity contribution is 0.202. The third kappa shape index (κ3) is 2.24. The molecule has 2 heterocycles. The molecule has 0 saturated heterocycles. The molecule has 5 heteroatoms. The molecule has 2 aromatic heterocycles. The van der Waals surface area contributed by atoms with Gasteiger partial charge in [0.1, 0.15) is 5.01 Å². The minimum atomic E-state index is -0.487. The monoisotopic (exact) mass is 254 g/mol. The summed E-state index contributed by atoms with van der Waals surface area (Å²) in [6.45, 7) is 3.62. The van der Waals surface area contributed by atoms with Gasteiger partial charge in [-0.3, -0.25) is 4.98 Å². The number of halogens is 1. The SMILES string of the molecule is Cc1nc(-c2ccc(Cl)cn2)sc1C(C)O. The van der Waals surface area contributed by atoms with Gasteiger partial charge in [-0.1, -0.05) is 11.6 Å². The number of thiazole rings is 1. The van der Waals surface area contributed by atoms with E-state index in [9.17, 15) is 5.11 Å². The fourth-order valence-electron chi connectivity index (χ4n) is 1.41. The molecule has 0 aliphatic carbocycles. The van der Waals surface area contributed by atoms with Crippen molar-refractivity contribution in [3.05, 3.63) is 33.9 Å². The summed E-state index contributed by atoms with van der Waals surface area (Å²) in [6.07, 6.45) is 1.11. The van der Waals surface area contributed by atoms with Crippen LogP contribution >= 0.6 is 22.9 Å². The third-order valence-electron chi connectivity index (χ3n) is 2.16. The van der Waals surface area contributed by atoms with Crippen molar-refractivity contribution >= 4 is 22.9 Å². The van der Waals surface area contributed by atoms with E-state index in [4.69, 9.17) is 11.6 Å². The molecule has 0 radical (unpaired) electrons. The number of aromatic nitrogens is 2. The number of aryl methyl sites for hydroxylation is 1. The Kier molecular flexibility index (Phi) is 3.23. The second kappa shape index (κ2) is 4.49. The van der Waals surface area contributed by atoms with E-state index in [-0.39, 0.29) is 0 Å². The summed E-state index contributed by atoms with van der Waals surface area (Å²) < 4.78 is 0. The first-order chi connectivity index (χ1) is 7.58. The number of hydrogen-bond donors (Lipinski definition) is 1. The zero-order valence-electron chi connectivity index (χ0n) is 8.94. The number of hydrogen-bond acceptors (Lipinski definition) is 4. The molecule has 1 unspecified atom stereocenters. The predicted octanol–water partition coefficient (Wildman–Crippen LogP) is 3.22. The summed E-state index contributed by atoms with van der Waals surface area (Å²) in [5, 5.41) is 11.0. The van der Waals surface area contributed by atoms with Crippen molar-refractivity contribution < 1.29 is 5.11 Å². The van der Waals surface area contributed by atoms with Gasteiger partial charge in [-0.2, -0.15) is 0 Å². The largest absolute Gasteiger partial charge is 0.388 e. The highest BCUT2D eigenvalue weighted by atomic mass is 35.5. The van der Waals surface area contributed by atoms with Crippen LogP contribution in [-0.2, 0) is 0 Å². The van der Waals surface area contributed by atoms with Gasteiger partial charge in [-0.05, 0) is 26.0 Å². The Morgan fingerprint density at radius 2 is 2.19 bits per heavy atom. The fraction of sp³-hybridized carbons (Fsp3) is 0.273. The van der Waals surface area contributed by atoms with E-state index < -0.39 is 6.10 Å². The molecule has 0 fully saturated rings. The Bertz CT molecular complexity index is 493. The maximum Gasteiger partial charge on any atom is 0.142 e. The van der Waals surface area contributed by atoms with Crippen LogP contribution in [0, 0.1) is 6.92 Å². The van der Waals surface area contributed by atoms with E-state index in [1.807, 2.05) is 13.0 Å². The van der Waals surface area contributed by atoms with Crippen LogP contribution in [0.2, 0.25) is 5.02 Å². The quantitative estimate of drug-likeness (QED) is 0.895. The molecule has 0 amide bonds. The van der Waals surface area contributed by atoms with Crippen molar-refractivity contribution in [2.45, 2.75) is 20.0 Å². The Labute approximate surface area is 103 Å². The normalized spacial score (nSPS) is 12.8. The first kappa shape index (κ1) is 11.5. The molecule has 0 bridgehead atoms. The van der Waals surface area contributed by atoms with Crippen LogP contribution in [0.5, 0.6) is 0 Å². The van der Waals surface area contributed by atoms with Crippen LogP contribution in [0.1, 0.15) is 23.6 Å². The van der Waals surface area contributed by atoms with E-state index in [0.717, 1.165) is 21.3 Å². The molecule has 84 valence electrons. The van der Waals surface area contributed by atoms with E-state index in [1.165, 1.54) is 11.3 Å². The van der Waals surface area contributed by atoms with Crippen LogP contribution < -0.4 is 0 Å². The highest BCUT2D eigenvalue weighted by molar-refractivity contribution is 7.15. The highest BCUT2D eigenvalue weighted by Gasteiger charge is 2.13. The van der Waals surface area contributed by atoms with Crippen molar-refractivity contribution in [3.63, 3.8) is 0 Å². The molecule has 3 nitrogen and oxygen atoms in total. The summed E-state index contributed by atoms with van der Waals surface area (Å²) in [7, 11) is 0. The van der Waals surface area contributed by atoms with Crippen LogP contribution in [-0.4, -0.2) is 15.1 Å². The molecule has 2 rings (SSSR count). The molecular formula is C11H11ClN2OS. The Balaban J connectivity index is 2.41. The summed E-state index contributed by atoms with van der Waals surface area (Å²) in [6, 6.07) is 3.61. The average Bonchev–Trinajstić information content (AvgIpc) is 2.61. The van der Waals surface area contributed by atoms with E-state index in [2.05, 4.69) is 9.97 Å². The molecule has 0 aliphatic rings. The highest BCUT2D eigenvalue weighted by Crippen LogP contribution is 2.30. The lowest BCUT2D eigenvalue weighted by atomic mass is 10.3. The van der Waals surface area contributed by atoms with Gasteiger partial charge in [0.2, 0.25) is 0 Å². The fourth-order valence-corrected chi connectivity index (χ4v) is 2.50. The number of aliphatic hydroxyl groups excluding tert-OH is 1. The van der Waals surface area contributed by atoms with Gasteiger partial charge in [0, 0.05) is 6.20 Å². The van der Waals surface area contributed by atoms with Crippen LogP contribution in [0.15, 0.2) is 18.3 Å². The van der Waals surface area contributed by atoms with Crippen molar-refractivity contribution in [3.8, 4) is 10.7 Å². The first-order valence-electron chi connectivity index (χ1n) is 4.85. The minimum absolute atomic E-state index is 0.487.